The molecule has 1 saturated heterocycles. The quantitative estimate of drug-likeness (QED) is 0.831. The summed E-state index contributed by atoms with van der Waals surface area (Å²) in [7, 11) is 2.22. The maximum Gasteiger partial charge on any atom is 0.0658 e. The Kier molecular flexibility index (Phi) is 4.23. The molecule has 3 rings (SSSR count). The Morgan fingerprint density at radius 2 is 2.00 bits per heavy atom. The Bertz CT molecular complexity index is 477. The second-order valence-electron chi connectivity index (χ2n) is 6.12. The Hall–Kier alpha value is -1.12. The van der Waals surface area contributed by atoms with Gasteiger partial charge < -0.3 is 4.74 Å². The topological polar surface area (TPSA) is 12.5 Å². The normalized spacial score (nSPS) is 26.4. The number of fused-ring (bicyclic) bond motifs is 2. The van der Waals surface area contributed by atoms with Crippen LogP contribution in [0.25, 0.3) is 5.57 Å². The minimum absolute atomic E-state index is 0.456. The van der Waals surface area contributed by atoms with Gasteiger partial charge in [-0.1, -0.05) is 43.7 Å². The lowest BCUT2D eigenvalue weighted by Gasteiger charge is -2.42. The van der Waals surface area contributed by atoms with Crippen LogP contribution in [0, 0.1) is 0 Å². The summed E-state index contributed by atoms with van der Waals surface area (Å²) in [6.07, 6.45) is 7.27. The number of morpholine rings is 1. The molecule has 0 aliphatic carbocycles. The molecule has 2 aliphatic heterocycles. The molecule has 0 radical (unpaired) electrons. The van der Waals surface area contributed by atoms with Gasteiger partial charge in [-0.3, -0.25) is 4.90 Å². The van der Waals surface area contributed by atoms with E-state index in [0.29, 0.717) is 12.1 Å². The number of hydrogen-bond acceptors (Lipinski definition) is 2. The molecular formula is C18H25NO. The molecule has 0 amide bonds. The van der Waals surface area contributed by atoms with Gasteiger partial charge in [-0.25, -0.2) is 0 Å². The van der Waals surface area contributed by atoms with Crippen LogP contribution in [-0.2, 0) is 11.2 Å². The molecule has 2 unspecified atom stereocenters. The third-order valence-electron chi connectivity index (χ3n) is 4.69. The number of benzene rings is 1. The van der Waals surface area contributed by atoms with Gasteiger partial charge in [-0.15, -0.1) is 0 Å². The lowest BCUT2D eigenvalue weighted by Crippen LogP contribution is -2.51. The molecule has 1 aromatic rings. The van der Waals surface area contributed by atoms with E-state index in [1.54, 1.807) is 0 Å². The monoisotopic (exact) mass is 271 g/mol. The number of aryl methyl sites for hydroxylation is 1. The number of unbranched alkanes of at least 4 members (excludes halogenated alkanes) is 1. The SMILES string of the molecule is CCCCc1ccc(C2=CC3COCC(C2)N3C)cc1. The van der Waals surface area contributed by atoms with Crippen LogP contribution >= 0.6 is 0 Å². The number of rotatable bonds is 4. The number of nitrogens with zero attached hydrogens (tertiary/aromatic N) is 1. The van der Waals surface area contributed by atoms with E-state index in [9.17, 15) is 0 Å². The summed E-state index contributed by atoms with van der Waals surface area (Å²) < 4.78 is 5.67. The highest BCUT2D eigenvalue weighted by atomic mass is 16.5. The summed E-state index contributed by atoms with van der Waals surface area (Å²) >= 11 is 0. The molecule has 1 aromatic carbocycles. The predicted molar refractivity (Wildman–Crippen MR) is 83.8 cm³/mol. The van der Waals surface area contributed by atoms with Crippen molar-refractivity contribution in [3.05, 3.63) is 41.5 Å². The van der Waals surface area contributed by atoms with Crippen molar-refractivity contribution in [1.82, 2.24) is 4.90 Å². The summed E-state index contributed by atoms with van der Waals surface area (Å²) in [5, 5.41) is 0. The van der Waals surface area contributed by atoms with E-state index in [1.165, 1.54) is 36.0 Å². The molecule has 2 bridgehead atoms. The average Bonchev–Trinajstić information content (AvgIpc) is 2.45. The van der Waals surface area contributed by atoms with Crippen LogP contribution in [0.4, 0.5) is 0 Å². The number of hydrogen-bond donors (Lipinski definition) is 0. The van der Waals surface area contributed by atoms with Gasteiger partial charge in [0.1, 0.15) is 0 Å². The zero-order valence-electron chi connectivity index (χ0n) is 12.6. The standard InChI is InChI=1S/C18H25NO/c1-3-4-5-14-6-8-15(9-7-14)16-10-17-12-20-13-18(11-16)19(17)2/h6-10,17-18H,3-5,11-13H2,1-2H3. The van der Waals surface area contributed by atoms with Crippen molar-refractivity contribution in [2.45, 2.75) is 44.7 Å². The second kappa shape index (κ2) is 6.11. The van der Waals surface area contributed by atoms with Crippen LogP contribution in [0.1, 0.15) is 37.3 Å². The van der Waals surface area contributed by atoms with E-state index in [2.05, 4.69) is 49.2 Å². The lowest BCUT2D eigenvalue weighted by atomic mass is 9.90. The highest BCUT2D eigenvalue weighted by Crippen LogP contribution is 2.31. The van der Waals surface area contributed by atoms with Gasteiger partial charge in [-0.05, 0) is 43.0 Å². The average molecular weight is 271 g/mol. The molecule has 0 aromatic heterocycles. The van der Waals surface area contributed by atoms with Crippen molar-refractivity contribution in [2.24, 2.45) is 0 Å². The highest BCUT2D eigenvalue weighted by Gasteiger charge is 2.32. The first-order chi connectivity index (χ1) is 9.78. The molecule has 0 N–H and O–H groups in total. The zero-order valence-corrected chi connectivity index (χ0v) is 12.6. The van der Waals surface area contributed by atoms with E-state index in [1.807, 2.05) is 0 Å². The number of likely N-dealkylation sites (N-methyl/N-ethyl adjacent to an activating group) is 1. The van der Waals surface area contributed by atoms with Crippen LogP contribution in [0.2, 0.25) is 0 Å². The van der Waals surface area contributed by atoms with Gasteiger partial charge in [0.2, 0.25) is 0 Å². The van der Waals surface area contributed by atoms with Crippen LogP contribution < -0.4 is 0 Å². The molecule has 2 heterocycles. The van der Waals surface area contributed by atoms with E-state index in [-0.39, 0.29) is 0 Å². The van der Waals surface area contributed by atoms with E-state index in [4.69, 9.17) is 4.74 Å². The fourth-order valence-electron chi connectivity index (χ4n) is 3.23. The fraction of sp³-hybridized carbons (Fsp3) is 0.556. The van der Waals surface area contributed by atoms with E-state index in [0.717, 1.165) is 19.6 Å². The van der Waals surface area contributed by atoms with Crippen LogP contribution in [-0.4, -0.2) is 37.2 Å². The summed E-state index contributed by atoms with van der Waals surface area (Å²) in [6.45, 7) is 3.96. The molecule has 2 aliphatic rings. The van der Waals surface area contributed by atoms with Gasteiger partial charge in [0.25, 0.3) is 0 Å². The first-order valence-corrected chi connectivity index (χ1v) is 7.87. The van der Waals surface area contributed by atoms with Crippen molar-refractivity contribution < 1.29 is 4.74 Å². The molecule has 0 saturated carbocycles. The van der Waals surface area contributed by atoms with Crippen molar-refractivity contribution >= 4 is 5.57 Å². The summed E-state index contributed by atoms with van der Waals surface area (Å²) in [5.41, 5.74) is 4.37. The first-order valence-electron chi connectivity index (χ1n) is 7.87. The van der Waals surface area contributed by atoms with Crippen molar-refractivity contribution in [3.63, 3.8) is 0 Å². The smallest absolute Gasteiger partial charge is 0.0658 e. The molecule has 0 spiro atoms. The molecular weight excluding hydrogens is 246 g/mol. The maximum atomic E-state index is 5.67. The minimum atomic E-state index is 0.456. The molecule has 2 heteroatoms. The second-order valence-corrected chi connectivity index (χ2v) is 6.12. The van der Waals surface area contributed by atoms with Crippen molar-refractivity contribution in [2.75, 3.05) is 20.3 Å². The Morgan fingerprint density at radius 1 is 1.20 bits per heavy atom. The molecule has 2 atom stereocenters. The number of ether oxygens (including phenoxy) is 1. The molecule has 2 nitrogen and oxygen atoms in total. The van der Waals surface area contributed by atoms with Gasteiger partial charge in [-0.2, -0.15) is 0 Å². The molecule has 108 valence electrons. The summed E-state index contributed by atoms with van der Waals surface area (Å²) in [5.74, 6) is 0. The van der Waals surface area contributed by atoms with E-state index < -0.39 is 0 Å². The van der Waals surface area contributed by atoms with Gasteiger partial charge in [0, 0.05) is 6.04 Å². The lowest BCUT2D eigenvalue weighted by molar-refractivity contribution is -0.0221. The fourth-order valence-corrected chi connectivity index (χ4v) is 3.23. The van der Waals surface area contributed by atoms with Gasteiger partial charge in [0.05, 0.1) is 19.3 Å². The van der Waals surface area contributed by atoms with Crippen molar-refractivity contribution in [3.8, 4) is 0 Å². The first kappa shape index (κ1) is 13.8. The maximum absolute atomic E-state index is 5.67. The minimum Gasteiger partial charge on any atom is -0.378 e. The zero-order chi connectivity index (χ0) is 13.9. The largest absolute Gasteiger partial charge is 0.378 e. The third-order valence-corrected chi connectivity index (χ3v) is 4.69. The Balaban J connectivity index is 1.76. The summed E-state index contributed by atoms with van der Waals surface area (Å²) in [6, 6.07) is 10.2. The van der Waals surface area contributed by atoms with E-state index >= 15 is 0 Å². The van der Waals surface area contributed by atoms with Crippen LogP contribution in [0.5, 0.6) is 0 Å². The predicted octanol–water partition coefficient (Wildman–Crippen LogP) is 3.52. The van der Waals surface area contributed by atoms with Crippen molar-refractivity contribution in [1.29, 1.82) is 0 Å². The Morgan fingerprint density at radius 3 is 2.70 bits per heavy atom. The van der Waals surface area contributed by atoms with Crippen LogP contribution in [0.3, 0.4) is 0 Å². The highest BCUT2D eigenvalue weighted by molar-refractivity contribution is 5.68. The summed E-state index contributed by atoms with van der Waals surface area (Å²) in [4.78, 5) is 2.46. The molecule has 20 heavy (non-hydrogen) atoms. The Labute approximate surface area is 122 Å². The van der Waals surface area contributed by atoms with Gasteiger partial charge >= 0.3 is 0 Å². The molecule has 1 fully saturated rings. The third kappa shape index (κ3) is 2.82. The van der Waals surface area contributed by atoms with Crippen LogP contribution in [0.15, 0.2) is 30.3 Å². The van der Waals surface area contributed by atoms with Gasteiger partial charge in [0.15, 0.2) is 0 Å².